The maximum atomic E-state index is 12.3. The number of hydrogen-bond donors (Lipinski definition) is 1. The Balaban J connectivity index is 2.04. The molecule has 21 heavy (non-hydrogen) atoms. The largest absolute Gasteiger partial charge is 0.493 e. The van der Waals surface area contributed by atoms with Gasteiger partial charge >= 0.3 is 6.18 Å². The summed E-state index contributed by atoms with van der Waals surface area (Å²) in [5.41, 5.74) is 0.718. The van der Waals surface area contributed by atoms with E-state index in [9.17, 15) is 13.2 Å². The van der Waals surface area contributed by atoms with Crippen LogP contribution in [0, 0.1) is 0 Å². The monoisotopic (exact) mass is 303 g/mol. The number of alkyl halides is 3. The lowest BCUT2D eigenvalue weighted by molar-refractivity contribution is -0.153. The number of rotatable bonds is 8. The highest BCUT2D eigenvalue weighted by Gasteiger charge is 2.29. The Morgan fingerprint density at radius 3 is 2.62 bits per heavy atom. The fourth-order valence-corrected chi connectivity index (χ4v) is 1.83. The highest BCUT2D eigenvalue weighted by atomic mass is 19.4. The fourth-order valence-electron chi connectivity index (χ4n) is 1.83. The van der Waals surface area contributed by atoms with Crippen molar-refractivity contribution in [2.75, 3.05) is 13.2 Å². The Morgan fingerprint density at radius 1 is 1.24 bits per heavy atom. The van der Waals surface area contributed by atoms with Crippen LogP contribution in [0.3, 0.4) is 0 Å². The normalized spacial score (nSPS) is 15.0. The summed E-state index contributed by atoms with van der Waals surface area (Å²) in [6.45, 7) is 1.71. The van der Waals surface area contributed by atoms with Crippen molar-refractivity contribution in [2.24, 2.45) is 0 Å². The molecule has 118 valence electrons. The quantitative estimate of drug-likeness (QED) is 0.795. The van der Waals surface area contributed by atoms with Gasteiger partial charge in [-0.2, -0.15) is 13.2 Å². The van der Waals surface area contributed by atoms with Crippen molar-refractivity contribution in [3.8, 4) is 11.5 Å². The summed E-state index contributed by atoms with van der Waals surface area (Å²) in [4.78, 5) is 0. The van der Waals surface area contributed by atoms with Crippen LogP contribution < -0.4 is 14.8 Å². The summed E-state index contributed by atoms with van der Waals surface area (Å²) in [6, 6.07) is 5.54. The first kappa shape index (κ1) is 15.9. The van der Waals surface area contributed by atoms with Crippen molar-refractivity contribution in [1.82, 2.24) is 5.32 Å². The van der Waals surface area contributed by atoms with Gasteiger partial charge in [0.15, 0.2) is 6.61 Å². The van der Waals surface area contributed by atoms with Crippen LogP contribution in [0.4, 0.5) is 13.2 Å². The average molecular weight is 303 g/mol. The summed E-state index contributed by atoms with van der Waals surface area (Å²) in [6.07, 6.45) is -1.27. The van der Waals surface area contributed by atoms with Gasteiger partial charge in [0.2, 0.25) is 0 Å². The molecule has 1 saturated carbocycles. The molecule has 1 fully saturated rings. The number of benzene rings is 1. The van der Waals surface area contributed by atoms with Crippen LogP contribution in [-0.4, -0.2) is 25.4 Å². The molecule has 0 radical (unpaired) electrons. The maximum Gasteiger partial charge on any atom is 0.422 e. The van der Waals surface area contributed by atoms with Crippen molar-refractivity contribution in [2.45, 2.75) is 44.9 Å². The van der Waals surface area contributed by atoms with E-state index in [1.165, 1.54) is 6.07 Å². The molecule has 1 N–H and O–H groups in total. The molecule has 0 aromatic heterocycles. The van der Waals surface area contributed by atoms with Crippen LogP contribution >= 0.6 is 0 Å². The summed E-state index contributed by atoms with van der Waals surface area (Å²) in [5, 5.41) is 3.27. The van der Waals surface area contributed by atoms with Gasteiger partial charge in [0.25, 0.3) is 0 Å². The smallest absolute Gasteiger partial charge is 0.422 e. The molecule has 0 atom stereocenters. The van der Waals surface area contributed by atoms with E-state index in [-0.39, 0.29) is 5.75 Å². The third-order valence-corrected chi connectivity index (χ3v) is 3.06. The number of halogens is 3. The van der Waals surface area contributed by atoms with Gasteiger partial charge in [-0.3, -0.25) is 0 Å². The zero-order chi connectivity index (χ0) is 15.3. The lowest BCUT2D eigenvalue weighted by Gasteiger charge is -2.15. The van der Waals surface area contributed by atoms with Gasteiger partial charge in [0, 0.05) is 24.2 Å². The molecule has 2 rings (SSSR count). The predicted molar refractivity (Wildman–Crippen MR) is 73.6 cm³/mol. The molecule has 0 aliphatic heterocycles. The van der Waals surface area contributed by atoms with Gasteiger partial charge in [-0.15, -0.1) is 0 Å². The fraction of sp³-hybridized carbons (Fsp3) is 0.600. The SMILES string of the molecule is CCCOc1ccc(CNC2CC2)c(OCC(F)(F)F)c1. The second-order valence-corrected chi connectivity index (χ2v) is 5.18. The Kier molecular flexibility index (Phi) is 5.33. The molecule has 1 aliphatic rings. The topological polar surface area (TPSA) is 30.5 Å². The standard InChI is InChI=1S/C15H20F3NO2/c1-2-7-20-13-6-3-11(9-19-12-4-5-12)14(8-13)21-10-15(16,17)18/h3,6,8,12,19H,2,4-5,7,9-10H2,1H3. The molecule has 0 saturated heterocycles. The van der Waals surface area contributed by atoms with E-state index in [0.717, 1.165) is 24.8 Å². The minimum Gasteiger partial charge on any atom is -0.493 e. The zero-order valence-electron chi connectivity index (χ0n) is 12.0. The van der Waals surface area contributed by atoms with Crippen molar-refractivity contribution in [3.63, 3.8) is 0 Å². The van der Waals surface area contributed by atoms with Gasteiger partial charge in [0.1, 0.15) is 11.5 Å². The third-order valence-electron chi connectivity index (χ3n) is 3.06. The summed E-state index contributed by atoms with van der Waals surface area (Å²) in [5.74, 6) is 0.762. The molecule has 0 bridgehead atoms. The summed E-state index contributed by atoms with van der Waals surface area (Å²) < 4.78 is 47.4. The van der Waals surface area contributed by atoms with Gasteiger partial charge < -0.3 is 14.8 Å². The molecule has 0 spiro atoms. The van der Waals surface area contributed by atoms with Crippen molar-refractivity contribution >= 4 is 0 Å². The van der Waals surface area contributed by atoms with Crippen LogP contribution in [0.5, 0.6) is 11.5 Å². The highest BCUT2D eigenvalue weighted by Crippen LogP contribution is 2.28. The molecule has 0 amide bonds. The van der Waals surface area contributed by atoms with Crippen LogP contribution in [0.15, 0.2) is 18.2 Å². The zero-order valence-corrected chi connectivity index (χ0v) is 12.0. The lowest BCUT2D eigenvalue weighted by Crippen LogP contribution is -2.21. The summed E-state index contributed by atoms with van der Waals surface area (Å²) in [7, 11) is 0. The number of ether oxygens (including phenoxy) is 2. The molecular weight excluding hydrogens is 283 g/mol. The van der Waals surface area contributed by atoms with Gasteiger partial charge in [-0.1, -0.05) is 13.0 Å². The number of nitrogens with one attached hydrogen (secondary N) is 1. The van der Waals surface area contributed by atoms with Gasteiger partial charge in [0.05, 0.1) is 6.61 Å². The van der Waals surface area contributed by atoms with Gasteiger partial charge in [-0.05, 0) is 25.3 Å². The Morgan fingerprint density at radius 2 is 2.00 bits per heavy atom. The molecule has 1 aromatic carbocycles. The molecule has 1 aromatic rings. The Hall–Kier alpha value is -1.43. The molecule has 3 nitrogen and oxygen atoms in total. The maximum absolute atomic E-state index is 12.3. The van der Waals surface area contributed by atoms with Crippen molar-refractivity contribution in [3.05, 3.63) is 23.8 Å². The van der Waals surface area contributed by atoms with Gasteiger partial charge in [-0.25, -0.2) is 0 Å². The predicted octanol–water partition coefficient (Wildman–Crippen LogP) is 3.67. The van der Waals surface area contributed by atoms with Crippen LogP contribution in [-0.2, 0) is 6.54 Å². The Bertz CT molecular complexity index is 459. The molecule has 6 heteroatoms. The van der Waals surface area contributed by atoms with E-state index in [2.05, 4.69) is 5.32 Å². The van der Waals surface area contributed by atoms with Crippen LogP contribution in [0.25, 0.3) is 0 Å². The van der Waals surface area contributed by atoms with E-state index in [1.807, 2.05) is 6.92 Å². The molecule has 0 unspecified atom stereocenters. The van der Waals surface area contributed by atoms with Crippen LogP contribution in [0.2, 0.25) is 0 Å². The molecular formula is C15H20F3NO2. The second kappa shape index (κ2) is 7.02. The van der Waals surface area contributed by atoms with Crippen molar-refractivity contribution < 1.29 is 22.6 Å². The minimum absolute atomic E-state index is 0.231. The average Bonchev–Trinajstić information content (AvgIpc) is 3.24. The molecule has 1 aliphatic carbocycles. The van der Waals surface area contributed by atoms with E-state index in [1.54, 1.807) is 12.1 Å². The lowest BCUT2D eigenvalue weighted by atomic mass is 10.2. The highest BCUT2D eigenvalue weighted by molar-refractivity contribution is 5.41. The second-order valence-electron chi connectivity index (χ2n) is 5.18. The van der Waals surface area contributed by atoms with E-state index >= 15 is 0 Å². The Labute approximate surface area is 122 Å². The summed E-state index contributed by atoms with van der Waals surface area (Å²) >= 11 is 0. The first-order valence-corrected chi connectivity index (χ1v) is 7.16. The first-order valence-electron chi connectivity index (χ1n) is 7.16. The third kappa shape index (κ3) is 5.83. The van der Waals surface area contributed by atoms with Crippen LogP contribution in [0.1, 0.15) is 31.7 Å². The minimum atomic E-state index is -4.35. The first-order chi connectivity index (χ1) is 9.98. The van der Waals surface area contributed by atoms with E-state index in [4.69, 9.17) is 9.47 Å². The number of hydrogen-bond acceptors (Lipinski definition) is 3. The van der Waals surface area contributed by atoms with E-state index < -0.39 is 12.8 Å². The van der Waals surface area contributed by atoms with E-state index in [0.29, 0.717) is 24.9 Å². The van der Waals surface area contributed by atoms with Crippen molar-refractivity contribution in [1.29, 1.82) is 0 Å². The molecule has 0 heterocycles.